The quantitative estimate of drug-likeness (QED) is 0.396. The summed E-state index contributed by atoms with van der Waals surface area (Å²) in [6.07, 6.45) is 4.55. The average molecular weight is 413 g/mol. The van der Waals surface area contributed by atoms with Crippen molar-refractivity contribution in [2.45, 2.75) is 6.92 Å². The molecule has 0 bridgehead atoms. The third-order valence-corrected chi connectivity index (χ3v) is 4.59. The van der Waals surface area contributed by atoms with Gasteiger partial charge in [0.2, 0.25) is 11.8 Å². The predicted molar refractivity (Wildman–Crippen MR) is 111 cm³/mol. The summed E-state index contributed by atoms with van der Waals surface area (Å²) >= 11 is 12.2. The molecule has 1 amide bonds. The van der Waals surface area contributed by atoms with Gasteiger partial charge in [0.05, 0.1) is 11.3 Å². The molecule has 4 aromatic rings. The van der Waals surface area contributed by atoms with E-state index in [0.717, 1.165) is 5.56 Å². The molecule has 0 aliphatic heterocycles. The molecule has 0 spiro atoms. The molecule has 0 unspecified atom stereocenters. The summed E-state index contributed by atoms with van der Waals surface area (Å²) in [5.41, 5.74) is 3.30. The maximum Gasteiger partial charge on any atom is 0.248 e. The first-order valence-electron chi connectivity index (χ1n) is 8.39. The number of carbonyl (C=O) groups excluding carboxylic acids is 1. The van der Waals surface area contributed by atoms with Gasteiger partial charge in [-0.1, -0.05) is 29.3 Å². The van der Waals surface area contributed by atoms with Gasteiger partial charge >= 0.3 is 0 Å². The van der Waals surface area contributed by atoms with E-state index in [2.05, 4.69) is 10.3 Å². The number of aryl methyl sites for hydroxylation is 1. The highest BCUT2D eigenvalue weighted by atomic mass is 35.5. The van der Waals surface area contributed by atoms with Crippen LogP contribution in [0.1, 0.15) is 11.3 Å². The Morgan fingerprint density at radius 3 is 2.82 bits per heavy atom. The van der Waals surface area contributed by atoms with Crippen molar-refractivity contribution in [1.29, 1.82) is 0 Å². The van der Waals surface area contributed by atoms with Crippen molar-refractivity contribution in [2.24, 2.45) is 0 Å². The molecule has 2 aromatic heterocycles. The molecule has 0 saturated carbocycles. The molecule has 2 aromatic carbocycles. The van der Waals surface area contributed by atoms with E-state index in [0.29, 0.717) is 44.0 Å². The van der Waals surface area contributed by atoms with Crippen molar-refractivity contribution in [3.8, 4) is 11.5 Å². The molecule has 28 heavy (non-hydrogen) atoms. The van der Waals surface area contributed by atoms with Crippen LogP contribution >= 0.6 is 23.2 Å². The number of halogens is 2. The summed E-state index contributed by atoms with van der Waals surface area (Å²) in [5, 5.41) is 3.73. The Bertz CT molecular complexity index is 1190. The van der Waals surface area contributed by atoms with Gasteiger partial charge in [0.15, 0.2) is 5.58 Å². The van der Waals surface area contributed by atoms with Crippen LogP contribution in [0.2, 0.25) is 10.0 Å². The Balaban J connectivity index is 1.62. The number of benzene rings is 2. The SMILES string of the molecule is Cc1ccc(-c2nc3cc(Cl)cc(Cl)c3o2)cc1NC(=O)/C=C/c1ccco1. The monoisotopic (exact) mass is 412 g/mol. The number of rotatable bonds is 4. The number of nitrogens with zero attached hydrogens (tertiary/aromatic N) is 1. The van der Waals surface area contributed by atoms with Crippen LogP contribution in [0.4, 0.5) is 5.69 Å². The first-order chi connectivity index (χ1) is 13.5. The second-order valence-electron chi connectivity index (χ2n) is 6.12. The molecular formula is C21H14Cl2N2O3. The lowest BCUT2D eigenvalue weighted by Crippen LogP contribution is -2.09. The molecule has 0 fully saturated rings. The first kappa shape index (κ1) is 18.3. The van der Waals surface area contributed by atoms with Crippen LogP contribution in [0.3, 0.4) is 0 Å². The van der Waals surface area contributed by atoms with Crippen LogP contribution in [-0.4, -0.2) is 10.9 Å². The van der Waals surface area contributed by atoms with Crippen molar-refractivity contribution >= 4 is 52.0 Å². The maximum absolute atomic E-state index is 12.2. The van der Waals surface area contributed by atoms with Crippen molar-refractivity contribution < 1.29 is 13.6 Å². The standard InChI is InChI=1S/C21H14Cl2N2O3/c1-12-4-5-13(21-25-18-11-14(22)10-16(23)20(18)28-21)9-17(12)24-19(26)7-6-15-3-2-8-27-15/h2-11H,1H3,(H,24,26)/b7-6+. The third kappa shape index (κ3) is 3.81. The van der Waals surface area contributed by atoms with E-state index in [4.69, 9.17) is 32.0 Å². The average Bonchev–Trinajstić information content (AvgIpc) is 3.31. The second-order valence-corrected chi connectivity index (χ2v) is 6.97. The van der Waals surface area contributed by atoms with E-state index in [1.807, 2.05) is 19.1 Å². The zero-order valence-electron chi connectivity index (χ0n) is 14.7. The summed E-state index contributed by atoms with van der Waals surface area (Å²) in [7, 11) is 0. The van der Waals surface area contributed by atoms with Gasteiger partial charge in [0.25, 0.3) is 0 Å². The number of hydrogen-bond acceptors (Lipinski definition) is 4. The molecule has 0 aliphatic carbocycles. The highest BCUT2D eigenvalue weighted by Gasteiger charge is 2.14. The number of hydrogen-bond donors (Lipinski definition) is 1. The Morgan fingerprint density at radius 1 is 1.18 bits per heavy atom. The number of furan rings is 1. The number of nitrogens with one attached hydrogen (secondary N) is 1. The molecular weight excluding hydrogens is 399 g/mol. The highest BCUT2D eigenvalue weighted by Crippen LogP contribution is 2.33. The summed E-state index contributed by atoms with van der Waals surface area (Å²) in [5.74, 6) is 0.715. The molecule has 0 aliphatic rings. The van der Waals surface area contributed by atoms with Crippen LogP contribution < -0.4 is 5.32 Å². The number of oxazole rings is 1. The Labute approximate surface area is 170 Å². The van der Waals surface area contributed by atoms with Crippen LogP contribution in [0.5, 0.6) is 0 Å². The fraction of sp³-hybridized carbons (Fsp3) is 0.0476. The molecule has 4 rings (SSSR count). The van der Waals surface area contributed by atoms with E-state index >= 15 is 0 Å². The molecule has 7 heteroatoms. The highest BCUT2D eigenvalue weighted by molar-refractivity contribution is 6.38. The van der Waals surface area contributed by atoms with Crippen molar-refractivity contribution in [2.75, 3.05) is 5.32 Å². The lowest BCUT2D eigenvalue weighted by molar-refractivity contribution is -0.111. The normalized spacial score (nSPS) is 11.4. The zero-order valence-corrected chi connectivity index (χ0v) is 16.2. The lowest BCUT2D eigenvalue weighted by atomic mass is 10.1. The molecule has 0 saturated heterocycles. The molecule has 1 N–H and O–H groups in total. The van der Waals surface area contributed by atoms with Gasteiger partial charge in [0, 0.05) is 22.3 Å². The van der Waals surface area contributed by atoms with Crippen LogP contribution in [0, 0.1) is 6.92 Å². The third-order valence-electron chi connectivity index (χ3n) is 4.09. The summed E-state index contributed by atoms with van der Waals surface area (Å²) in [4.78, 5) is 16.7. The van der Waals surface area contributed by atoms with Gasteiger partial charge in [-0.15, -0.1) is 0 Å². The molecule has 140 valence electrons. The number of aromatic nitrogens is 1. The van der Waals surface area contributed by atoms with Gasteiger partial charge < -0.3 is 14.2 Å². The topological polar surface area (TPSA) is 68.3 Å². The van der Waals surface area contributed by atoms with E-state index in [-0.39, 0.29) is 5.91 Å². The Kier molecular flexibility index (Phi) is 4.94. The van der Waals surface area contributed by atoms with Crippen molar-refractivity contribution in [3.05, 3.63) is 76.2 Å². The number of anilines is 1. The number of amides is 1. The number of fused-ring (bicyclic) bond motifs is 1. The minimum absolute atomic E-state index is 0.274. The maximum atomic E-state index is 12.2. The van der Waals surface area contributed by atoms with Crippen molar-refractivity contribution in [1.82, 2.24) is 4.98 Å². The largest absolute Gasteiger partial charge is 0.465 e. The minimum Gasteiger partial charge on any atom is -0.465 e. The zero-order chi connectivity index (χ0) is 19.7. The van der Waals surface area contributed by atoms with Crippen LogP contribution in [-0.2, 0) is 4.79 Å². The summed E-state index contributed by atoms with van der Waals surface area (Å²) < 4.78 is 11.0. The van der Waals surface area contributed by atoms with Crippen LogP contribution in [0.15, 0.2) is 63.6 Å². The van der Waals surface area contributed by atoms with Gasteiger partial charge in [0.1, 0.15) is 11.3 Å². The van der Waals surface area contributed by atoms with E-state index in [1.165, 1.54) is 6.08 Å². The molecule has 2 heterocycles. The molecule has 5 nitrogen and oxygen atoms in total. The Hall–Kier alpha value is -3.02. The van der Waals surface area contributed by atoms with Gasteiger partial charge in [-0.2, -0.15) is 0 Å². The van der Waals surface area contributed by atoms with Crippen LogP contribution in [0.25, 0.3) is 28.6 Å². The Morgan fingerprint density at radius 2 is 2.04 bits per heavy atom. The van der Waals surface area contributed by atoms with Crippen molar-refractivity contribution in [3.63, 3.8) is 0 Å². The fourth-order valence-corrected chi connectivity index (χ4v) is 3.21. The van der Waals surface area contributed by atoms with Gasteiger partial charge in [-0.3, -0.25) is 4.79 Å². The van der Waals surface area contributed by atoms with Gasteiger partial charge in [-0.25, -0.2) is 4.98 Å². The van der Waals surface area contributed by atoms with Gasteiger partial charge in [-0.05, 0) is 55.0 Å². The summed E-state index contributed by atoms with van der Waals surface area (Å²) in [6.45, 7) is 1.90. The second kappa shape index (κ2) is 7.54. The minimum atomic E-state index is -0.274. The smallest absolute Gasteiger partial charge is 0.248 e. The van der Waals surface area contributed by atoms with E-state index in [1.54, 1.807) is 42.7 Å². The number of carbonyl (C=O) groups is 1. The molecule has 0 radical (unpaired) electrons. The lowest BCUT2D eigenvalue weighted by Gasteiger charge is -2.07. The van der Waals surface area contributed by atoms with E-state index < -0.39 is 0 Å². The first-order valence-corrected chi connectivity index (χ1v) is 9.14. The van der Waals surface area contributed by atoms with E-state index in [9.17, 15) is 4.79 Å². The predicted octanol–water partition coefficient (Wildman–Crippen LogP) is 6.35. The fourth-order valence-electron chi connectivity index (χ4n) is 2.69. The summed E-state index contributed by atoms with van der Waals surface area (Å²) in [6, 6.07) is 12.4. The molecule has 0 atom stereocenters.